The number of nitriles is 1. The fourth-order valence-electron chi connectivity index (χ4n) is 2.29. The largest absolute Gasteiger partial charge is 0.352 e. The second kappa shape index (κ2) is 7.58. The Labute approximate surface area is 152 Å². The molecule has 1 heterocycles. The molecule has 2 N–H and O–H groups in total. The average Bonchev–Trinajstić information content (AvgIpc) is 2.69. The highest BCUT2D eigenvalue weighted by Crippen LogP contribution is 2.24. The Morgan fingerprint density at radius 1 is 1.00 bits per heavy atom. The highest BCUT2D eigenvalue weighted by atomic mass is 19.2. The van der Waals surface area contributed by atoms with E-state index in [4.69, 9.17) is 5.26 Å². The Morgan fingerprint density at radius 2 is 1.78 bits per heavy atom. The van der Waals surface area contributed by atoms with Crippen molar-refractivity contribution in [2.75, 3.05) is 10.6 Å². The van der Waals surface area contributed by atoms with Gasteiger partial charge in [0.1, 0.15) is 6.07 Å². The molecule has 0 atom stereocenters. The van der Waals surface area contributed by atoms with Crippen LogP contribution < -0.4 is 10.6 Å². The van der Waals surface area contributed by atoms with E-state index in [1.54, 1.807) is 24.3 Å². The Kier molecular flexibility index (Phi) is 5.04. The number of hydrogen-bond donors (Lipinski definition) is 2. The predicted octanol–water partition coefficient (Wildman–Crippen LogP) is 4.37. The first-order chi connectivity index (χ1) is 13.0. The zero-order chi connectivity index (χ0) is 19.4. The fourth-order valence-corrected chi connectivity index (χ4v) is 2.29. The average molecular weight is 368 g/mol. The van der Waals surface area contributed by atoms with Crippen LogP contribution >= 0.6 is 0 Å². The Bertz CT molecular complexity index is 1060. The number of carbonyl (C=O) groups excluding carboxylic acids is 1. The van der Waals surface area contributed by atoms with Crippen molar-refractivity contribution < 1.29 is 18.0 Å². The lowest BCUT2D eigenvalue weighted by molar-refractivity contribution is 0.102. The minimum atomic E-state index is -1.60. The van der Waals surface area contributed by atoms with Gasteiger partial charge in [0.05, 0.1) is 34.4 Å². The van der Waals surface area contributed by atoms with Crippen LogP contribution in [0.4, 0.5) is 30.2 Å². The first-order valence-corrected chi connectivity index (χ1v) is 7.65. The molecule has 0 fully saturated rings. The van der Waals surface area contributed by atoms with Gasteiger partial charge < -0.3 is 10.6 Å². The number of nitrogens with one attached hydrogen (secondary N) is 2. The van der Waals surface area contributed by atoms with E-state index in [0.717, 1.165) is 12.1 Å². The van der Waals surface area contributed by atoms with Gasteiger partial charge in [0.25, 0.3) is 5.91 Å². The molecule has 1 amide bonds. The molecule has 2 aromatic carbocycles. The molecule has 0 spiro atoms. The SMILES string of the molecule is N#Cc1ccccc1NC(=O)c1cncc(Nc2ccc(F)c(F)c2F)c1. The minimum Gasteiger partial charge on any atom is -0.352 e. The summed E-state index contributed by atoms with van der Waals surface area (Å²) in [5.74, 6) is -4.83. The summed E-state index contributed by atoms with van der Waals surface area (Å²) in [7, 11) is 0. The van der Waals surface area contributed by atoms with Crippen LogP contribution in [0.15, 0.2) is 54.9 Å². The van der Waals surface area contributed by atoms with E-state index >= 15 is 0 Å². The minimum absolute atomic E-state index is 0.121. The van der Waals surface area contributed by atoms with Crippen LogP contribution in [0.2, 0.25) is 0 Å². The smallest absolute Gasteiger partial charge is 0.257 e. The number of halogens is 3. The molecule has 0 unspecified atom stereocenters. The van der Waals surface area contributed by atoms with Crippen LogP contribution in [-0.2, 0) is 0 Å². The van der Waals surface area contributed by atoms with Gasteiger partial charge in [0.2, 0.25) is 0 Å². The quantitative estimate of drug-likeness (QED) is 0.671. The van der Waals surface area contributed by atoms with Crippen molar-refractivity contribution in [3.8, 4) is 6.07 Å². The molecule has 27 heavy (non-hydrogen) atoms. The molecule has 0 saturated carbocycles. The van der Waals surface area contributed by atoms with Gasteiger partial charge in [-0.1, -0.05) is 12.1 Å². The summed E-state index contributed by atoms with van der Waals surface area (Å²) in [6.45, 7) is 0. The molecule has 0 aliphatic heterocycles. The molecular weight excluding hydrogens is 357 g/mol. The highest BCUT2D eigenvalue weighted by Gasteiger charge is 2.15. The van der Waals surface area contributed by atoms with Crippen LogP contribution in [0.3, 0.4) is 0 Å². The lowest BCUT2D eigenvalue weighted by Crippen LogP contribution is -2.13. The second-order valence-electron chi connectivity index (χ2n) is 5.42. The van der Waals surface area contributed by atoms with Gasteiger partial charge in [-0.25, -0.2) is 13.2 Å². The highest BCUT2D eigenvalue weighted by molar-refractivity contribution is 6.05. The maximum Gasteiger partial charge on any atom is 0.257 e. The van der Waals surface area contributed by atoms with E-state index < -0.39 is 23.4 Å². The molecule has 3 aromatic rings. The molecule has 3 rings (SSSR count). The van der Waals surface area contributed by atoms with Crippen molar-refractivity contribution in [1.82, 2.24) is 4.98 Å². The summed E-state index contributed by atoms with van der Waals surface area (Å²) in [5.41, 5.74) is 0.631. The third-order valence-electron chi connectivity index (χ3n) is 3.61. The maximum absolute atomic E-state index is 13.8. The molecule has 134 valence electrons. The maximum atomic E-state index is 13.8. The van der Waals surface area contributed by atoms with Gasteiger partial charge in [-0.2, -0.15) is 5.26 Å². The first kappa shape index (κ1) is 17.9. The number of nitrogens with zero attached hydrogens (tertiary/aromatic N) is 2. The molecule has 1 aromatic heterocycles. The molecule has 0 saturated heterocycles. The van der Waals surface area contributed by atoms with E-state index in [9.17, 15) is 18.0 Å². The van der Waals surface area contributed by atoms with Crippen LogP contribution in [0.25, 0.3) is 0 Å². The Morgan fingerprint density at radius 3 is 2.56 bits per heavy atom. The lowest BCUT2D eigenvalue weighted by atomic mass is 10.1. The van der Waals surface area contributed by atoms with Crippen LogP contribution in [0.1, 0.15) is 15.9 Å². The normalized spacial score (nSPS) is 10.1. The van der Waals surface area contributed by atoms with Gasteiger partial charge in [-0.15, -0.1) is 0 Å². The number of para-hydroxylation sites is 1. The molecule has 0 bridgehead atoms. The van der Waals surface area contributed by atoms with Crippen LogP contribution in [-0.4, -0.2) is 10.9 Å². The lowest BCUT2D eigenvalue weighted by Gasteiger charge is -2.10. The molecule has 0 radical (unpaired) electrons. The van der Waals surface area contributed by atoms with Crippen LogP contribution in [0, 0.1) is 28.8 Å². The number of rotatable bonds is 4. The number of hydrogen-bond acceptors (Lipinski definition) is 4. The third-order valence-corrected chi connectivity index (χ3v) is 3.61. The molecule has 0 aliphatic carbocycles. The topological polar surface area (TPSA) is 77.8 Å². The van der Waals surface area contributed by atoms with Crippen molar-refractivity contribution in [2.24, 2.45) is 0 Å². The van der Waals surface area contributed by atoms with Crippen molar-refractivity contribution in [3.63, 3.8) is 0 Å². The summed E-state index contributed by atoms with van der Waals surface area (Å²) in [5, 5.41) is 14.2. The number of amides is 1. The number of pyridine rings is 1. The zero-order valence-electron chi connectivity index (χ0n) is 13.6. The van der Waals surface area contributed by atoms with E-state index in [1.807, 2.05) is 6.07 Å². The number of aromatic nitrogens is 1. The predicted molar refractivity (Wildman–Crippen MR) is 92.9 cm³/mol. The molecule has 8 heteroatoms. The van der Waals surface area contributed by atoms with Crippen molar-refractivity contribution >= 4 is 23.0 Å². The zero-order valence-corrected chi connectivity index (χ0v) is 13.6. The van der Waals surface area contributed by atoms with Crippen molar-refractivity contribution in [3.05, 3.63) is 83.4 Å². The van der Waals surface area contributed by atoms with Gasteiger partial charge >= 0.3 is 0 Å². The van der Waals surface area contributed by atoms with Gasteiger partial charge in [0.15, 0.2) is 17.5 Å². The summed E-state index contributed by atoms with van der Waals surface area (Å²) >= 11 is 0. The van der Waals surface area contributed by atoms with Gasteiger partial charge in [-0.05, 0) is 30.3 Å². The second-order valence-corrected chi connectivity index (χ2v) is 5.42. The van der Waals surface area contributed by atoms with Gasteiger partial charge in [0, 0.05) is 6.20 Å². The fraction of sp³-hybridized carbons (Fsp3) is 0. The third kappa shape index (κ3) is 3.88. The van der Waals surface area contributed by atoms with Gasteiger partial charge in [-0.3, -0.25) is 9.78 Å². The summed E-state index contributed by atoms with van der Waals surface area (Å²) in [4.78, 5) is 16.3. The van der Waals surface area contributed by atoms with E-state index in [-0.39, 0.29) is 22.5 Å². The van der Waals surface area contributed by atoms with Crippen molar-refractivity contribution in [1.29, 1.82) is 5.26 Å². The summed E-state index contributed by atoms with van der Waals surface area (Å²) < 4.78 is 40.1. The van der Waals surface area contributed by atoms with E-state index in [2.05, 4.69) is 15.6 Å². The summed E-state index contributed by atoms with van der Waals surface area (Å²) in [6.07, 6.45) is 2.57. The Hall–Kier alpha value is -3.86. The number of carbonyl (C=O) groups is 1. The first-order valence-electron chi connectivity index (χ1n) is 7.65. The number of benzene rings is 2. The number of anilines is 3. The monoisotopic (exact) mass is 368 g/mol. The van der Waals surface area contributed by atoms with E-state index in [0.29, 0.717) is 5.69 Å². The van der Waals surface area contributed by atoms with Crippen LogP contribution in [0.5, 0.6) is 0 Å². The molecule has 5 nitrogen and oxygen atoms in total. The van der Waals surface area contributed by atoms with Crippen molar-refractivity contribution in [2.45, 2.75) is 0 Å². The molecule has 0 aliphatic rings. The Balaban J connectivity index is 1.82. The summed E-state index contributed by atoms with van der Waals surface area (Å²) in [6, 6.07) is 11.6. The molecular formula is C19H11F3N4O. The van der Waals surface area contributed by atoms with E-state index in [1.165, 1.54) is 18.5 Å². The standard InChI is InChI=1S/C19H11F3N4O/c20-14-5-6-16(18(22)17(14)21)25-13-7-12(9-24-10-13)19(27)26-15-4-2-1-3-11(15)8-23/h1-7,9-10,25H,(H,26,27).